The van der Waals surface area contributed by atoms with Crippen molar-refractivity contribution in [3.05, 3.63) is 30.3 Å². The van der Waals surface area contributed by atoms with Gasteiger partial charge in [0.15, 0.2) is 0 Å². The molecule has 7 heteroatoms. The van der Waals surface area contributed by atoms with Crippen molar-refractivity contribution in [2.45, 2.75) is 63.6 Å². The lowest BCUT2D eigenvalue weighted by molar-refractivity contribution is -0.122. The van der Waals surface area contributed by atoms with E-state index in [0.29, 0.717) is 12.8 Å². The predicted octanol–water partition coefficient (Wildman–Crippen LogP) is 1.83. The van der Waals surface area contributed by atoms with Crippen molar-refractivity contribution in [2.24, 2.45) is 11.8 Å². The van der Waals surface area contributed by atoms with Crippen LogP contribution in [0.2, 0.25) is 0 Å². The normalized spacial score (nSPS) is 30.2. The average Bonchev–Trinajstić information content (AvgIpc) is 3.27. The van der Waals surface area contributed by atoms with Crippen molar-refractivity contribution in [3.8, 4) is 0 Å². The molecule has 0 aromatic heterocycles. The van der Waals surface area contributed by atoms with E-state index in [4.69, 9.17) is 0 Å². The first-order valence-electron chi connectivity index (χ1n) is 11.5. The first-order valence-corrected chi connectivity index (χ1v) is 11.5. The molecule has 2 fully saturated rings. The second-order valence-electron chi connectivity index (χ2n) is 9.54. The van der Waals surface area contributed by atoms with Crippen LogP contribution < -0.4 is 15.5 Å². The number of carbonyl (C=O) groups is 2. The number of hydrogen-bond donors (Lipinski definition) is 4. The van der Waals surface area contributed by atoms with Gasteiger partial charge < -0.3 is 25.7 Å². The third-order valence-electron chi connectivity index (χ3n) is 7.30. The summed E-state index contributed by atoms with van der Waals surface area (Å²) in [7, 11) is 0. The summed E-state index contributed by atoms with van der Waals surface area (Å²) in [5.41, 5.74) is -0.926. The number of benzene rings is 1. The Morgan fingerprint density at radius 2 is 1.35 bits per heavy atom. The highest BCUT2D eigenvalue weighted by molar-refractivity contribution is 5.86. The monoisotopic (exact) mass is 431 g/mol. The fourth-order valence-electron chi connectivity index (χ4n) is 4.82. The number of rotatable bonds is 9. The van der Waals surface area contributed by atoms with Crippen molar-refractivity contribution in [3.63, 3.8) is 0 Å². The van der Waals surface area contributed by atoms with Crippen LogP contribution in [0.5, 0.6) is 0 Å². The fraction of sp³-hybridized carbons (Fsp3) is 0.667. The molecular formula is C24H37N3O4. The van der Waals surface area contributed by atoms with E-state index in [2.05, 4.69) is 10.6 Å². The molecule has 0 spiro atoms. The van der Waals surface area contributed by atoms with Crippen LogP contribution in [0.25, 0.3) is 0 Å². The molecule has 172 valence electrons. The summed E-state index contributed by atoms with van der Waals surface area (Å²) in [5, 5.41) is 27.1. The molecule has 2 saturated carbocycles. The van der Waals surface area contributed by atoms with Gasteiger partial charge in [-0.25, -0.2) is 0 Å². The summed E-state index contributed by atoms with van der Waals surface area (Å²) in [6, 6.07) is 9.34. The second-order valence-corrected chi connectivity index (χ2v) is 9.54. The maximum atomic E-state index is 12.6. The Kier molecular flexibility index (Phi) is 7.59. The van der Waals surface area contributed by atoms with Gasteiger partial charge in [0, 0.05) is 18.8 Å². The van der Waals surface area contributed by atoms with E-state index in [1.165, 1.54) is 0 Å². The molecule has 2 amide bonds. The van der Waals surface area contributed by atoms with Gasteiger partial charge in [0.1, 0.15) is 0 Å². The SMILES string of the molecule is CC1CCCC1(O)CNC(=O)CN(CC(=O)NCC1(O)CCCC1C)c1ccccc1. The minimum absolute atomic E-state index is 0.0164. The molecule has 7 nitrogen and oxygen atoms in total. The van der Waals surface area contributed by atoms with Gasteiger partial charge in [0.25, 0.3) is 0 Å². The zero-order valence-corrected chi connectivity index (χ0v) is 18.8. The summed E-state index contributed by atoms with van der Waals surface area (Å²) in [6.07, 6.45) is 5.26. The van der Waals surface area contributed by atoms with Crippen molar-refractivity contribution in [1.29, 1.82) is 0 Å². The highest BCUT2D eigenvalue weighted by atomic mass is 16.3. The molecule has 4 atom stereocenters. The summed E-state index contributed by atoms with van der Waals surface area (Å²) in [5.74, 6) is -0.139. The van der Waals surface area contributed by atoms with Crippen molar-refractivity contribution in [1.82, 2.24) is 10.6 Å². The molecular weight excluding hydrogens is 394 g/mol. The van der Waals surface area contributed by atoms with Gasteiger partial charge in [0.2, 0.25) is 11.8 Å². The molecule has 1 aromatic rings. The lowest BCUT2D eigenvalue weighted by atomic mass is 9.92. The number of amides is 2. The number of nitrogens with one attached hydrogen (secondary N) is 2. The van der Waals surface area contributed by atoms with E-state index in [9.17, 15) is 19.8 Å². The molecule has 0 heterocycles. The molecule has 4 unspecified atom stereocenters. The van der Waals surface area contributed by atoms with E-state index in [0.717, 1.165) is 31.4 Å². The summed E-state index contributed by atoms with van der Waals surface area (Å²) < 4.78 is 0. The molecule has 2 aliphatic rings. The van der Waals surface area contributed by atoms with E-state index in [-0.39, 0.29) is 49.8 Å². The Hall–Kier alpha value is -2.12. The first kappa shape index (κ1) is 23.5. The van der Waals surface area contributed by atoms with Gasteiger partial charge in [-0.2, -0.15) is 0 Å². The van der Waals surface area contributed by atoms with Crippen LogP contribution in [0.3, 0.4) is 0 Å². The molecule has 0 aliphatic heterocycles. The van der Waals surface area contributed by atoms with Crippen LogP contribution in [0.4, 0.5) is 5.69 Å². The van der Waals surface area contributed by atoms with Crippen molar-refractivity contribution < 1.29 is 19.8 Å². The number of nitrogens with zero attached hydrogens (tertiary/aromatic N) is 1. The standard InChI is InChI=1S/C24H37N3O4/c1-18-8-6-12-23(18,30)16-25-21(28)14-27(20-10-4-3-5-11-20)15-22(29)26-17-24(31)13-7-9-19(24)2/h3-5,10-11,18-19,30-31H,6-9,12-17H2,1-2H3,(H,25,28)(H,26,29). The Morgan fingerprint density at radius 3 is 1.74 bits per heavy atom. The Bertz CT molecular complexity index is 714. The fourth-order valence-corrected chi connectivity index (χ4v) is 4.82. The van der Waals surface area contributed by atoms with Crippen molar-refractivity contribution >= 4 is 17.5 Å². The topological polar surface area (TPSA) is 102 Å². The zero-order chi connectivity index (χ0) is 22.5. The smallest absolute Gasteiger partial charge is 0.239 e. The van der Waals surface area contributed by atoms with Crippen LogP contribution in [-0.4, -0.2) is 59.4 Å². The van der Waals surface area contributed by atoms with Gasteiger partial charge >= 0.3 is 0 Å². The number of para-hydroxylation sites is 1. The zero-order valence-electron chi connectivity index (χ0n) is 18.8. The molecule has 0 saturated heterocycles. The maximum absolute atomic E-state index is 12.6. The lowest BCUT2D eigenvalue weighted by Crippen LogP contribution is -2.50. The number of aliphatic hydroxyl groups is 2. The van der Waals surface area contributed by atoms with Gasteiger partial charge in [-0.1, -0.05) is 44.9 Å². The quantitative estimate of drug-likeness (QED) is 0.478. The predicted molar refractivity (Wildman–Crippen MR) is 121 cm³/mol. The summed E-state index contributed by atoms with van der Waals surface area (Å²) in [6.45, 7) is 4.52. The average molecular weight is 432 g/mol. The second kappa shape index (κ2) is 10.0. The minimum Gasteiger partial charge on any atom is -0.388 e. The molecule has 4 N–H and O–H groups in total. The third kappa shape index (κ3) is 5.98. The maximum Gasteiger partial charge on any atom is 0.239 e. The third-order valence-corrected chi connectivity index (χ3v) is 7.30. The summed E-state index contributed by atoms with van der Waals surface area (Å²) in [4.78, 5) is 27.0. The Morgan fingerprint density at radius 1 is 0.903 bits per heavy atom. The molecule has 1 aromatic carbocycles. The van der Waals surface area contributed by atoms with Gasteiger partial charge in [0.05, 0.1) is 24.3 Å². The van der Waals surface area contributed by atoms with E-state index in [1.807, 2.05) is 44.2 Å². The Balaban J connectivity index is 1.57. The number of anilines is 1. The molecule has 2 aliphatic carbocycles. The molecule has 0 radical (unpaired) electrons. The van der Waals surface area contributed by atoms with Crippen LogP contribution >= 0.6 is 0 Å². The van der Waals surface area contributed by atoms with Crippen LogP contribution in [0, 0.1) is 11.8 Å². The van der Waals surface area contributed by atoms with E-state index >= 15 is 0 Å². The minimum atomic E-state index is -0.849. The van der Waals surface area contributed by atoms with Crippen LogP contribution in [0.1, 0.15) is 52.4 Å². The van der Waals surface area contributed by atoms with E-state index in [1.54, 1.807) is 4.90 Å². The largest absolute Gasteiger partial charge is 0.388 e. The van der Waals surface area contributed by atoms with Crippen molar-refractivity contribution in [2.75, 3.05) is 31.1 Å². The highest BCUT2D eigenvalue weighted by Crippen LogP contribution is 2.35. The van der Waals surface area contributed by atoms with Gasteiger partial charge in [-0.15, -0.1) is 0 Å². The summed E-state index contributed by atoms with van der Waals surface area (Å²) >= 11 is 0. The molecule has 0 bridgehead atoms. The number of hydrogen-bond acceptors (Lipinski definition) is 5. The molecule has 3 rings (SSSR count). The first-order chi connectivity index (χ1) is 14.7. The number of carbonyl (C=O) groups excluding carboxylic acids is 2. The Labute approximate surface area is 185 Å². The van der Waals surface area contributed by atoms with E-state index < -0.39 is 11.2 Å². The van der Waals surface area contributed by atoms with Gasteiger partial charge in [-0.3, -0.25) is 9.59 Å². The van der Waals surface area contributed by atoms with Gasteiger partial charge in [-0.05, 0) is 49.7 Å². The molecule has 31 heavy (non-hydrogen) atoms. The van der Waals surface area contributed by atoms with Crippen LogP contribution in [-0.2, 0) is 9.59 Å². The lowest BCUT2D eigenvalue weighted by Gasteiger charge is -2.30. The van der Waals surface area contributed by atoms with Crippen LogP contribution in [0.15, 0.2) is 30.3 Å². The highest BCUT2D eigenvalue weighted by Gasteiger charge is 2.39.